The van der Waals surface area contributed by atoms with Crippen molar-refractivity contribution in [2.45, 2.75) is 0 Å². The predicted octanol–water partition coefficient (Wildman–Crippen LogP) is 9.32. The molecule has 0 unspecified atom stereocenters. The summed E-state index contributed by atoms with van der Waals surface area (Å²) in [6, 6.07) is 45.9. The van der Waals surface area contributed by atoms with Crippen molar-refractivity contribution in [1.82, 2.24) is 14.5 Å². The van der Waals surface area contributed by atoms with Gasteiger partial charge in [-0.05, 0) is 54.6 Å². The first-order valence-corrected chi connectivity index (χ1v) is 13.3. The maximum Gasteiger partial charge on any atom is 0.160 e. The molecule has 8 aromatic rings. The summed E-state index contributed by atoms with van der Waals surface area (Å²) in [4.78, 5) is 9.98. The van der Waals surface area contributed by atoms with Crippen molar-refractivity contribution in [1.29, 1.82) is 0 Å². The smallest absolute Gasteiger partial charge is 0.160 e. The summed E-state index contributed by atoms with van der Waals surface area (Å²) < 4.78 is 8.23. The Kier molecular flexibility index (Phi) is 5.10. The molecule has 0 saturated heterocycles. The SMILES string of the molecule is c1ccc(-c2cc(-c3ccccc3)nc(-c3ccc(-n4c5ccccc5c5c6occc6ccc54)cc3)n2)cc1. The standard InChI is InChI=1S/C36H23N3O/c1-3-9-24(10-4-1)30-23-31(25-11-5-2-6-12-25)38-36(37-30)27-15-18-28(19-16-27)39-32-14-8-7-13-29(32)34-33(39)20-17-26-21-22-40-35(26)34/h1-23H. The highest BCUT2D eigenvalue weighted by Crippen LogP contribution is 2.37. The van der Waals surface area contributed by atoms with Gasteiger partial charge in [0.25, 0.3) is 0 Å². The van der Waals surface area contributed by atoms with Crippen LogP contribution in [0.2, 0.25) is 0 Å². The lowest BCUT2D eigenvalue weighted by Gasteiger charge is -2.11. The van der Waals surface area contributed by atoms with E-state index in [2.05, 4.69) is 95.6 Å². The van der Waals surface area contributed by atoms with Gasteiger partial charge in [0.2, 0.25) is 0 Å². The minimum absolute atomic E-state index is 0.700. The maximum atomic E-state index is 5.93. The van der Waals surface area contributed by atoms with Gasteiger partial charge in [-0.1, -0.05) is 78.9 Å². The Bertz CT molecular complexity index is 2080. The molecule has 0 aliphatic heterocycles. The van der Waals surface area contributed by atoms with Crippen molar-refractivity contribution in [2.75, 3.05) is 0 Å². The van der Waals surface area contributed by atoms with Crippen molar-refractivity contribution in [2.24, 2.45) is 0 Å². The maximum absolute atomic E-state index is 5.93. The van der Waals surface area contributed by atoms with Gasteiger partial charge in [-0.3, -0.25) is 0 Å². The average molecular weight is 514 g/mol. The topological polar surface area (TPSA) is 43.9 Å². The summed E-state index contributed by atoms with van der Waals surface area (Å²) in [7, 11) is 0. The third kappa shape index (κ3) is 3.62. The van der Waals surface area contributed by atoms with Gasteiger partial charge in [-0.2, -0.15) is 0 Å². The van der Waals surface area contributed by atoms with E-state index in [1.807, 2.05) is 42.5 Å². The van der Waals surface area contributed by atoms with Crippen molar-refractivity contribution in [3.8, 4) is 39.6 Å². The van der Waals surface area contributed by atoms with Crippen molar-refractivity contribution < 1.29 is 4.42 Å². The summed E-state index contributed by atoms with van der Waals surface area (Å²) in [5.41, 5.74) is 9.15. The Hall–Kier alpha value is -5.48. The van der Waals surface area contributed by atoms with Crippen LogP contribution in [0, 0.1) is 0 Å². The van der Waals surface area contributed by atoms with E-state index in [9.17, 15) is 0 Å². The summed E-state index contributed by atoms with van der Waals surface area (Å²) >= 11 is 0. The Morgan fingerprint density at radius 1 is 0.525 bits per heavy atom. The Labute approximate surface area is 230 Å². The van der Waals surface area contributed by atoms with Crippen LogP contribution in [0.15, 0.2) is 144 Å². The molecular weight excluding hydrogens is 490 g/mol. The number of hydrogen-bond acceptors (Lipinski definition) is 3. The van der Waals surface area contributed by atoms with E-state index in [1.165, 1.54) is 5.39 Å². The third-order valence-corrected chi connectivity index (χ3v) is 7.50. The van der Waals surface area contributed by atoms with Crippen molar-refractivity contribution in [3.05, 3.63) is 140 Å². The molecule has 0 aliphatic rings. The molecule has 0 aliphatic carbocycles. The summed E-state index contributed by atoms with van der Waals surface area (Å²) in [5.74, 6) is 0.700. The first-order chi connectivity index (χ1) is 19.8. The molecule has 0 amide bonds. The Morgan fingerprint density at radius 3 is 1.88 bits per heavy atom. The minimum Gasteiger partial charge on any atom is -0.464 e. The third-order valence-electron chi connectivity index (χ3n) is 7.50. The quantitative estimate of drug-likeness (QED) is 0.235. The fraction of sp³-hybridized carbons (Fsp3) is 0. The molecular formula is C36H23N3O. The molecule has 0 bridgehead atoms. The molecule has 0 radical (unpaired) electrons. The van der Waals surface area contributed by atoms with Gasteiger partial charge in [0, 0.05) is 33.2 Å². The van der Waals surface area contributed by atoms with E-state index < -0.39 is 0 Å². The van der Waals surface area contributed by atoms with Crippen LogP contribution in [-0.2, 0) is 0 Å². The van der Waals surface area contributed by atoms with Gasteiger partial charge in [0.05, 0.1) is 34.1 Å². The molecule has 0 spiro atoms. The largest absolute Gasteiger partial charge is 0.464 e. The highest BCUT2D eigenvalue weighted by atomic mass is 16.3. The second-order valence-corrected chi connectivity index (χ2v) is 9.89. The van der Waals surface area contributed by atoms with Crippen LogP contribution in [0.1, 0.15) is 0 Å². The lowest BCUT2D eigenvalue weighted by Crippen LogP contribution is -1.97. The van der Waals surface area contributed by atoms with E-state index >= 15 is 0 Å². The summed E-state index contributed by atoms with van der Waals surface area (Å²) in [6.07, 6.45) is 1.76. The first-order valence-electron chi connectivity index (χ1n) is 13.3. The number of aromatic nitrogens is 3. The zero-order valence-corrected chi connectivity index (χ0v) is 21.5. The lowest BCUT2D eigenvalue weighted by atomic mass is 10.1. The van der Waals surface area contributed by atoms with Crippen LogP contribution < -0.4 is 0 Å². The van der Waals surface area contributed by atoms with E-state index in [1.54, 1.807) is 6.26 Å². The van der Waals surface area contributed by atoms with Crippen LogP contribution in [0.5, 0.6) is 0 Å². The number of rotatable bonds is 4. The molecule has 3 aromatic heterocycles. The zero-order chi connectivity index (χ0) is 26.5. The fourth-order valence-corrected chi connectivity index (χ4v) is 5.61. The number of fused-ring (bicyclic) bond motifs is 5. The summed E-state index contributed by atoms with van der Waals surface area (Å²) in [5, 5.41) is 3.41. The predicted molar refractivity (Wildman–Crippen MR) is 162 cm³/mol. The van der Waals surface area contributed by atoms with E-state index in [-0.39, 0.29) is 0 Å². The highest BCUT2D eigenvalue weighted by Gasteiger charge is 2.17. The van der Waals surface area contributed by atoms with E-state index in [0.717, 1.165) is 61.2 Å². The highest BCUT2D eigenvalue weighted by molar-refractivity contribution is 6.19. The number of nitrogens with zero attached hydrogens (tertiary/aromatic N) is 3. The van der Waals surface area contributed by atoms with Crippen LogP contribution in [0.4, 0.5) is 0 Å². The fourth-order valence-electron chi connectivity index (χ4n) is 5.61. The average Bonchev–Trinajstić information content (AvgIpc) is 3.64. The van der Waals surface area contributed by atoms with Crippen LogP contribution >= 0.6 is 0 Å². The number of benzene rings is 5. The molecule has 4 heteroatoms. The van der Waals surface area contributed by atoms with Crippen LogP contribution in [-0.4, -0.2) is 14.5 Å². The number of para-hydroxylation sites is 1. The molecule has 0 N–H and O–H groups in total. The molecule has 0 atom stereocenters. The molecule has 5 aromatic carbocycles. The molecule has 40 heavy (non-hydrogen) atoms. The van der Waals surface area contributed by atoms with Crippen molar-refractivity contribution in [3.63, 3.8) is 0 Å². The summed E-state index contributed by atoms with van der Waals surface area (Å²) in [6.45, 7) is 0. The van der Waals surface area contributed by atoms with E-state index in [0.29, 0.717) is 5.82 Å². The van der Waals surface area contributed by atoms with Gasteiger partial charge in [0.15, 0.2) is 5.82 Å². The molecule has 188 valence electrons. The Balaban J connectivity index is 1.28. The Morgan fingerprint density at radius 2 is 1.18 bits per heavy atom. The molecule has 8 rings (SSSR count). The zero-order valence-electron chi connectivity index (χ0n) is 21.5. The number of hydrogen-bond donors (Lipinski definition) is 0. The van der Waals surface area contributed by atoms with Crippen LogP contribution in [0.3, 0.4) is 0 Å². The second kappa shape index (κ2) is 9.07. The van der Waals surface area contributed by atoms with Gasteiger partial charge in [0.1, 0.15) is 5.58 Å². The number of furan rings is 1. The van der Waals surface area contributed by atoms with Gasteiger partial charge in [-0.25, -0.2) is 9.97 Å². The molecule has 0 saturated carbocycles. The van der Waals surface area contributed by atoms with Crippen LogP contribution in [0.25, 0.3) is 72.4 Å². The van der Waals surface area contributed by atoms with Gasteiger partial charge in [-0.15, -0.1) is 0 Å². The second-order valence-electron chi connectivity index (χ2n) is 9.89. The lowest BCUT2D eigenvalue weighted by molar-refractivity contribution is 0.619. The normalized spacial score (nSPS) is 11.5. The monoisotopic (exact) mass is 513 g/mol. The molecule has 4 nitrogen and oxygen atoms in total. The molecule has 0 fully saturated rings. The molecule has 3 heterocycles. The van der Waals surface area contributed by atoms with Crippen molar-refractivity contribution >= 4 is 32.8 Å². The van der Waals surface area contributed by atoms with E-state index in [4.69, 9.17) is 14.4 Å². The minimum atomic E-state index is 0.700. The van der Waals surface area contributed by atoms with Gasteiger partial charge >= 0.3 is 0 Å². The van der Waals surface area contributed by atoms with Gasteiger partial charge < -0.3 is 8.98 Å². The first kappa shape index (κ1) is 22.5.